The highest BCUT2D eigenvalue weighted by molar-refractivity contribution is 6.32. The van der Waals surface area contributed by atoms with Crippen LogP contribution in [0.15, 0.2) is 30.5 Å². The second kappa shape index (κ2) is 8.31. The van der Waals surface area contributed by atoms with E-state index in [0.717, 1.165) is 0 Å². The van der Waals surface area contributed by atoms with E-state index < -0.39 is 0 Å². The smallest absolute Gasteiger partial charge is 0.269 e. The van der Waals surface area contributed by atoms with Crippen LogP contribution in [0.1, 0.15) is 31.3 Å². The molecule has 0 aliphatic carbocycles. The Balaban J connectivity index is 1.73. The number of nitrogens with one attached hydrogen (secondary N) is 1. The van der Waals surface area contributed by atoms with Crippen LogP contribution in [0.25, 0.3) is 22.8 Å². The molecule has 1 aliphatic heterocycles. The summed E-state index contributed by atoms with van der Waals surface area (Å²) in [5.41, 5.74) is 2.45. The lowest BCUT2D eigenvalue weighted by molar-refractivity contribution is 0.0924. The Morgan fingerprint density at radius 2 is 2.10 bits per heavy atom. The molecule has 2 aromatic heterocycles. The molecule has 4 rings (SSSR count). The molecule has 9 heteroatoms. The molecule has 1 aromatic carbocycles. The third-order valence-electron chi connectivity index (χ3n) is 4.46. The van der Waals surface area contributed by atoms with Gasteiger partial charge in [-0.3, -0.25) is 9.48 Å². The lowest BCUT2D eigenvalue weighted by Crippen LogP contribution is -2.35. The normalized spacial score (nSPS) is 13.2. The number of hydrogen-bond donors (Lipinski definition) is 1. The van der Waals surface area contributed by atoms with E-state index in [9.17, 15) is 4.79 Å². The molecule has 3 heterocycles. The van der Waals surface area contributed by atoms with Crippen LogP contribution in [-0.4, -0.2) is 44.9 Å². The fraction of sp³-hybridized carbons (Fsp3) is 0.333. The van der Waals surface area contributed by atoms with Gasteiger partial charge in [0.2, 0.25) is 0 Å². The number of aromatic nitrogens is 4. The van der Waals surface area contributed by atoms with Gasteiger partial charge in [0.25, 0.3) is 5.91 Å². The summed E-state index contributed by atoms with van der Waals surface area (Å²) in [5, 5.41) is 7.75. The first-order chi connectivity index (χ1) is 14.5. The van der Waals surface area contributed by atoms with Gasteiger partial charge < -0.3 is 14.8 Å². The van der Waals surface area contributed by atoms with E-state index in [1.54, 1.807) is 29.1 Å². The fourth-order valence-corrected chi connectivity index (χ4v) is 3.47. The van der Waals surface area contributed by atoms with Crippen LogP contribution >= 0.6 is 11.6 Å². The molecule has 1 aliphatic rings. The molecule has 0 unspecified atom stereocenters. The van der Waals surface area contributed by atoms with Gasteiger partial charge in [0.1, 0.15) is 11.4 Å². The highest BCUT2D eigenvalue weighted by Crippen LogP contribution is 2.39. The summed E-state index contributed by atoms with van der Waals surface area (Å²) in [6.07, 6.45) is 1.61. The number of carbonyl (C=O) groups excluding carboxylic acids is 1. The number of rotatable bonds is 6. The molecule has 0 fully saturated rings. The Morgan fingerprint density at radius 3 is 2.83 bits per heavy atom. The number of hydrogen-bond acceptors (Lipinski definition) is 6. The summed E-state index contributed by atoms with van der Waals surface area (Å²) in [6, 6.07) is 7.07. The summed E-state index contributed by atoms with van der Waals surface area (Å²) in [6.45, 7) is 7.41. The van der Waals surface area contributed by atoms with E-state index in [-0.39, 0.29) is 12.0 Å². The third kappa shape index (κ3) is 3.95. The average Bonchev–Trinajstić information content (AvgIpc) is 3.16. The topological polar surface area (TPSA) is 91.2 Å². The molecule has 0 bridgehead atoms. The Kier molecular flexibility index (Phi) is 5.59. The highest BCUT2D eigenvalue weighted by Gasteiger charge is 2.21. The second-order valence-corrected chi connectivity index (χ2v) is 7.45. The van der Waals surface area contributed by atoms with Crippen molar-refractivity contribution in [3.05, 3.63) is 41.2 Å². The van der Waals surface area contributed by atoms with Gasteiger partial charge in [-0.2, -0.15) is 5.10 Å². The minimum atomic E-state index is -0.136. The summed E-state index contributed by atoms with van der Waals surface area (Å²) < 4.78 is 13.3. The molecule has 30 heavy (non-hydrogen) atoms. The van der Waals surface area contributed by atoms with Crippen LogP contribution in [-0.2, 0) is 6.54 Å². The average molecular weight is 428 g/mol. The maximum absolute atomic E-state index is 12.0. The second-order valence-electron chi connectivity index (χ2n) is 7.04. The molecule has 1 N–H and O–H groups in total. The lowest BCUT2D eigenvalue weighted by atomic mass is 10.1. The number of benzene rings is 1. The van der Waals surface area contributed by atoms with Crippen molar-refractivity contribution >= 4 is 17.5 Å². The zero-order valence-corrected chi connectivity index (χ0v) is 17.7. The Morgan fingerprint density at radius 1 is 1.27 bits per heavy atom. The van der Waals surface area contributed by atoms with E-state index in [0.29, 0.717) is 64.7 Å². The van der Waals surface area contributed by atoms with Crippen molar-refractivity contribution in [2.75, 3.05) is 13.2 Å². The van der Waals surface area contributed by atoms with Crippen molar-refractivity contribution in [1.29, 1.82) is 0 Å². The number of halogens is 1. The maximum Gasteiger partial charge on any atom is 0.269 e. The number of nitrogens with zero attached hydrogens (tertiary/aromatic N) is 4. The van der Waals surface area contributed by atoms with E-state index in [1.807, 2.05) is 26.8 Å². The maximum atomic E-state index is 12.0. The molecule has 0 atom stereocenters. The number of carbonyl (C=O) groups is 1. The molecule has 156 valence electrons. The summed E-state index contributed by atoms with van der Waals surface area (Å²) in [4.78, 5) is 21.0. The molecule has 0 radical (unpaired) electrons. The zero-order chi connectivity index (χ0) is 21.3. The predicted octanol–water partition coefficient (Wildman–Crippen LogP) is 3.59. The largest absolute Gasteiger partial charge is 0.490 e. The first-order valence-corrected chi connectivity index (χ1v) is 10.2. The molecule has 3 aromatic rings. The van der Waals surface area contributed by atoms with Crippen LogP contribution in [0.3, 0.4) is 0 Å². The van der Waals surface area contributed by atoms with Gasteiger partial charge in [-0.25, -0.2) is 9.97 Å². The van der Waals surface area contributed by atoms with Crippen molar-refractivity contribution in [2.45, 2.75) is 33.4 Å². The SMILES string of the molecule is CCOc1cc(-c2nccc(-c3cc4n(n3)CCNC4=O)n2)cc(Cl)c1OC(C)C. The van der Waals surface area contributed by atoms with Crippen LogP contribution < -0.4 is 14.8 Å². The highest BCUT2D eigenvalue weighted by atomic mass is 35.5. The van der Waals surface area contributed by atoms with Gasteiger partial charge in [0.15, 0.2) is 17.3 Å². The molecular weight excluding hydrogens is 406 g/mol. The Labute approximate surface area is 179 Å². The molecule has 0 spiro atoms. The first kappa shape index (κ1) is 20.2. The Bertz CT molecular complexity index is 1100. The standard InChI is InChI=1S/C21H22ClN5O3/c1-4-29-18-10-13(9-14(22)19(18)30-12(2)3)20-23-6-5-15(25-20)16-11-17-21(28)24-7-8-27(17)26-16/h5-6,9-12H,4,7-8H2,1-3H3,(H,24,28). The van der Waals surface area contributed by atoms with E-state index >= 15 is 0 Å². The molecule has 1 amide bonds. The van der Waals surface area contributed by atoms with Gasteiger partial charge >= 0.3 is 0 Å². The van der Waals surface area contributed by atoms with Crippen molar-refractivity contribution in [1.82, 2.24) is 25.1 Å². The van der Waals surface area contributed by atoms with Crippen molar-refractivity contribution in [3.63, 3.8) is 0 Å². The summed E-state index contributed by atoms with van der Waals surface area (Å²) >= 11 is 6.49. The quantitative estimate of drug-likeness (QED) is 0.646. The van der Waals surface area contributed by atoms with E-state index in [2.05, 4.69) is 20.4 Å². The first-order valence-electron chi connectivity index (χ1n) is 9.79. The van der Waals surface area contributed by atoms with Gasteiger partial charge in [0, 0.05) is 18.3 Å². The lowest BCUT2D eigenvalue weighted by Gasteiger charge is -2.17. The van der Waals surface area contributed by atoms with Crippen molar-refractivity contribution < 1.29 is 14.3 Å². The van der Waals surface area contributed by atoms with E-state index in [4.69, 9.17) is 21.1 Å². The van der Waals surface area contributed by atoms with Gasteiger partial charge in [-0.05, 0) is 45.0 Å². The molecular formula is C21H22ClN5O3. The van der Waals surface area contributed by atoms with E-state index in [1.165, 1.54) is 0 Å². The number of fused-ring (bicyclic) bond motifs is 1. The fourth-order valence-electron chi connectivity index (χ4n) is 3.21. The third-order valence-corrected chi connectivity index (χ3v) is 4.74. The molecule has 0 saturated carbocycles. The summed E-state index contributed by atoms with van der Waals surface area (Å²) in [5.74, 6) is 1.38. The van der Waals surface area contributed by atoms with Gasteiger partial charge in [-0.1, -0.05) is 11.6 Å². The molecule has 0 saturated heterocycles. The number of ether oxygens (including phenoxy) is 2. The van der Waals surface area contributed by atoms with Crippen LogP contribution in [0, 0.1) is 0 Å². The van der Waals surface area contributed by atoms with Crippen molar-refractivity contribution in [3.8, 4) is 34.3 Å². The minimum Gasteiger partial charge on any atom is -0.490 e. The van der Waals surface area contributed by atoms with Crippen LogP contribution in [0.2, 0.25) is 5.02 Å². The molecule has 8 nitrogen and oxygen atoms in total. The number of amides is 1. The monoisotopic (exact) mass is 427 g/mol. The minimum absolute atomic E-state index is 0.0451. The predicted molar refractivity (Wildman–Crippen MR) is 113 cm³/mol. The van der Waals surface area contributed by atoms with Crippen LogP contribution in [0.5, 0.6) is 11.5 Å². The summed E-state index contributed by atoms with van der Waals surface area (Å²) in [7, 11) is 0. The zero-order valence-electron chi connectivity index (χ0n) is 17.0. The van der Waals surface area contributed by atoms with Crippen LogP contribution in [0.4, 0.5) is 0 Å². The Hall–Kier alpha value is -3.13. The van der Waals surface area contributed by atoms with Gasteiger partial charge in [0.05, 0.1) is 30.0 Å². The van der Waals surface area contributed by atoms with Crippen molar-refractivity contribution in [2.24, 2.45) is 0 Å². The van der Waals surface area contributed by atoms with Gasteiger partial charge in [-0.15, -0.1) is 0 Å².